The van der Waals surface area contributed by atoms with Crippen LogP contribution in [0.25, 0.3) is 0 Å². The molecule has 1 heterocycles. The van der Waals surface area contributed by atoms with Gasteiger partial charge in [-0.1, -0.05) is 26.0 Å². The van der Waals surface area contributed by atoms with Crippen LogP contribution in [0.1, 0.15) is 35.3 Å². The summed E-state index contributed by atoms with van der Waals surface area (Å²) in [6.07, 6.45) is 0.892. The fourth-order valence-electron chi connectivity index (χ4n) is 2.46. The largest absolute Gasteiger partial charge is 0.480 e. The number of carbonyl (C=O) groups is 2. The first-order valence-corrected chi connectivity index (χ1v) is 6.86. The van der Waals surface area contributed by atoms with Crippen LogP contribution in [0, 0.1) is 5.92 Å². The lowest BCUT2D eigenvalue weighted by Gasteiger charge is -2.22. The maximum atomic E-state index is 12.3. The number of amides is 1. The van der Waals surface area contributed by atoms with E-state index in [0.29, 0.717) is 12.1 Å². The van der Waals surface area contributed by atoms with Gasteiger partial charge in [0.2, 0.25) is 0 Å². The van der Waals surface area contributed by atoms with Crippen molar-refractivity contribution in [1.29, 1.82) is 0 Å². The zero-order valence-electron chi connectivity index (χ0n) is 11.8. The molecule has 108 valence electrons. The third kappa shape index (κ3) is 2.99. The van der Waals surface area contributed by atoms with Crippen LogP contribution >= 0.6 is 0 Å². The predicted octanol–water partition coefficient (Wildman–Crippen LogP) is 1.17. The monoisotopic (exact) mass is 276 g/mol. The van der Waals surface area contributed by atoms with Crippen LogP contribution in [0.4, 0.5) is 0 Å². The molecule has 0 aromatic heterocycles. The summed E-state index contributed by atoms with van der Waals surface area (Å²) < 4.78 is 0. The van der Waals surface area contributed by atoms with Crippen LogP contribution in [-0.2, 0) is 17.8 Å². The fourth-order valence-corrected chi connectivity index (χ4v) is 2.46. The van der Waals surface area contributed by atoms with E-state index in [1.807, 2.05) is 12.1 Å². The number of nitrogens with one attached hydrogen (secondary N) is 2. The summed E-state index contributed by atoms with van der Waals surface area (Å²) in [5.41, 5.74) is 2.71. The van der Waals surface area contributed by atoms with Crippen LogP contribution in [-0.4, -0.2) is 29.6 Å². The lowest BCUT2D eigenvalue weighted by atomic mass is 9.95. The smallest absolute Gasteiger partial charge is 0.326 e. The topological polar surface area (TPSA) is 78.4 Å². The summed E-state index contributed by atoms with van der Waals surface area (Å²) in [4.78, 5) is 23.5. The van der Waals surface area contributed by atoms with E-state index in [0.717, 1.165) is 24.1 Å². The molecule has 5 nitrogen and oxygen atoms in total. The van der Waals surface area contributed by atoms with Gasteiger partial charge in [-0.25, -0.2) is 4.79 Å². The van der Waals surface area contributed by atoms with E-state index in [4.69, 9.17) is 5.11 Å². The van der Waals surface area contributed by atoms with E-state index in [2.05, 4.69) is 10.6 Å². The van der Waals surface area contributed by atoms with Crippen LogP contribution < -0.4 is 10.6 Å². The molecule has 1 aliphatic heterocycles. The van der Waals surface area contributed by atoms with E-state index < -0.39 is 12.0 Å². The highest BCUT2D eigenvalue weighted by Crippen LogP contribution is 2.19. The molecular weight excluding hydrogens is 256 g/mol. The number of carbonyl (C=O) groups excluding carboxylic acids is 1. The molecule has 5 heteroatoms. The molecule has 0 saturated carbocycles. The van der Waals surface area contributed by atoms with Crippen molar-refractivity contribution < 1.29 is 14.7 Å². The first-order valence-electron chi connectivity index (χ1n) is 6.86. The van der Waals surface area contributed by atoms with Crippen molar-refractivity contribution in [3.63, 3.8) is 0 Å². The number of rotatable bonds is 4. The summed E-state index contributed by atoms with van der Waals surface area (Å²) >= 11 is 0. The zero-order valence-corrected chi connectivity index (χ0v) is 11.8. The molecule has 2 rings (SSSR count). The van der Waals surface area contributed by atoms with Gasteiger partial charge in [-0.3, -0.25) is 4.79 Å². The van der Waals surface area contributed by atoms with Crippen molar-refractivity contribution >= 4 is 11.9 Å². The van der Waals surface area contributed by atoms with Gasteiger partial charge in [-0.05, 0) is 36.1 Å². The number of fused-ring (bicyclic) bond motifs is 1. The third-order valence-corrected chi connectivity index (χ3v) is 3.61. The first kappa shape index (κ1) is 14.5. The molecule has 1 aromatic rings. The van der Waals surface area contributed by atoms with Crippen molar-refractivity contribution in [2.45, 2.75) is 32.9 Å². The fraction of sp³-hybridized carbons (Fsp3) is 0.467. The van der Waals surface area contributed by atoms with E-state index >= 15 is 0 Å². The molecular formula is C15H20N2O3. The molecule has 0 spiro atoms. The summed E-state index contributed by atoms with van der Waals surface area (Å²) in [5.74, 6) is -1.47. The Morgan fingerprint density at radius 1 is 1.35 bits per heavy atom. The van der Waals surface area contributed by atoms with Gasteiger partial charge in [0.25, 0.3) is 5.91 Å². The minimum Gasteiger partial charge on any atom is -0.480 e. The Morgan fingerprint density at radius 2 is 2.10 bits per heavy atom. The van der Waals surface area contributed by atoms with Crippen molar-refractivity contribution in [2.75, 3.05) is 6.54 Å². The van der Waals surface area contributed by atoms with Gasteiger partial charge >= 0.3 is 5.97 Å². The maximum Gasteiger partial charge on any atom is 0.326 e. The van der Waals surface area contributed by atoms with E-state index in [9.17, 15) is 9.59 Å². The van der Waals surface area contributed by atoms with Gasteiger partial charge < -0.3 is 15.7 Å². The number of aliphatic carboxylic acids is 1. The number of hydrogen-bond acceptors (Lipinski definition) is 3. The van der Waals surface area contributed by atoms with Gasteiger partial charge in [0, 0.05) is 12.1 Å². The highest BCUT2D eigenvalue weighted by atomic mass is 16.4. The second kappa shape index (κ2) is 6.05. The average molecular weight is 276 g/mol. The van der Waals surface area contributed by atoms with Gasteiger partial charge in [0.15, 0.2) is 0 Å². The quantitative estimate of drug-likeness (QED) is 0.771. The molecule has 0 saturated heterocycles. The van der Waals surface area contributed by atoms with Crippen molar-refractivity contribution in [3.8, 4) is 0 Å². The Labute approximate surface area is 118 Å². The highest BCUT2D eigenvalue weighted by molar-refractivity contribution is 5.98. The summed E-state index contributed by atoms with van der Waals surface area (Å²) in [6.45, 7) is 5.11. The normalized spacial score (nSPS) is 15.6. The van der Waals surface area contributed by atoms with E-state index in [1.165, 1.54) is 0 Å². The molecule has 1 aromatic carbocycles. The second-order valence-corrected chi connectivity index (χ2v) is 5.40. The Kier molecular flexibility index (Phi) is 4.39. The maximum absolute atomic E-state index is 12.3. The predicted molar refractivity (Wildman–Crippen MR) is 75.6 cm³/mol. The van der Waals surface area contributed by atoms with Gasteiger partial charge in [-0.15, -0.1) is 0 Å². The van der Waals surface area contributed by atoms with Gasteiger partial charge in [0.05, 0.1) is 0 Å². The van der Waals surface area contributed by atoms with Crippen molar-refractivity contribution in [2.24, 2.45) is 5.92 Å². The molecule has 0 bridgehead atoms. The van der Waals surface area contributed by atoms with Gasteiger partial charge in [0.1, 0.15) is 6.04 Å². The number of benzene rings is 1. The number of carboxylic acid groups (broad SMARTS) is 1. The lowest BCUT2D eigenvalue weighted by Crippen LogP contribution is -2.44. The molecule has 0 radical (unpaired) electrons. The number of carboxylic acids is 1. The highest BCUT2D eigenvalue weighted by Gasteiger charge is 2.25. The van der Waals surface area contributed by atoms with Crippen molar-refractivity contribution in [3.05, 3.63) is 34.9 Å². The first-order chi connectivity index (χ1) is 9.50. The lowest BCUT2D eigenvalue weighted by molar-refractivity contribution is -0.140. The Morgan fingerprint density at radius 3 is 2.75 bits per heavy atom. The van der Waals surface area contributed by atoms with Crippen LogP contribution in [0.2, 0.25) is 0 Å². The number of hydrogen-bond donors (Lipinski definition) is 3. The minimum absolute atomic E-state index is 0.158. The molecule has 0 aliphatic carbocycles. The molecule has 1 unspecified atom stereocenters. The third-order valence-electron chi connectivity index (χ3n) is 3.61. The minimum atomic E-state index is -1.00. The summed E-state index contributed by atoms with van der Waals surface area (Å²) in [6, 6.07) is 4.75. The van der Waals surface area contributed by atoms with Crippen LogP contribution in [0.3, 0.4) is 0 Å². The summed E-state index contributed by atoms with van der Waals surface area (Å²) in [5, 5.41) is 15.0. The molecule has 1 aliphatic rings. The van der Waals surface area contributed by atoms with Crippen LogP contribution in [0.5, 0.6) is 0 Å². The molecule has 1 amide bonds. The Hall–Kier alpha value is -1.88. The molecule has 0 fully saturated rings. The molecule has 20 heavy (non-hydrogen) atoms. The second-order valence-electron chi connectivity index (χ2n) is 5.40. The average Bonchev–Trinajstić information content (AvgIpc) is 2.43. The van der Waals surface area contributed by atoms with E-state index in [1.54, 1.807) is 19.9 Å². The SMILES string of the molecule is CC(C)C(NC(=O)c1cccc2c1CNCC2)C(=O)O. The Balaban J connectivity index is 2.23. The van der Waals surface area contributed by atoms with E-state index in [-0.39, 0.29) is 11.8 Å². The summed E-state index contributed by atoms with van der Waals surface area (Å²) in [7, 11) is 0. The molecule has 1 atom stereocenters. The van der Waals surface area contributed by atoms with Crippen molar-refractivity contribution in [1.82, 2.24) is 10.6 Å². The zero-order chi connectivity index (χ0) is 14.7. The Bertz CT molecular complexity index is 526. The van der Waals surface area contributed by atoms with Crippen LogP contribution in [0.15, 0.2) is 18.2 Å². The molecule has 3 N–H and O–H groups in total. The standard InChI is InChI=1S/C15H20N2O3/c1-9(2)13(15(19)20)17-14(18)11-5-3-4-10-6-7-16-8-12(10)11/h3-5,9,13,16H,6-8H2,1-2H3,(H,17,18)(H,19,20). The van der Waals surface area contributed by atoms with Gasteiger partial charge in [-0.2, -0.15) is 0 Å².